The van der Waals surface area contributed by atoms with Gasteiger partial charge in [-0.25, -0.2) is 0 Å². The first-order valence-electron chi connectivity index (χ1n) is 13.9. The Hall–Kier alpha value is -2.23. The summed E-state index contributed by atoms with van der Waals surface area (Å²) in [7, 11) is 0. The lowest BCUT2D eigenvalue weighted by Crippen LogP contribution is -1.97. The summed E-state index contributed by atoms with van der Waals surface area (Å²) in [5, 5.41) is 19.5. The van der Waals surface area contributed by atoms with Crippen LogP contribution in [0.3, 0.4) is 0 Å². The molecule has 4 nitrogen and oxygen atoms in total. The second kappa shape index (κ2) is 26.9. The summed E-state index contributed by atoms with van der Waals surface area (Å²) in [6.07, 6.45) is 4.67. The Kier molecular flexibility index (Phi) is 25.6. The molecule has 0 aliphatic heterocycles. The summed E-state index contributed by atoms with van der Waals surface area (Å²) in [5.41, 5.74) is 3.28. The van der Waals surface area contributed by atoms with E-state index in [4.69, 9.17) is 56.6 Å². The molecule has 242 valence electrons. The van der Waals surface area contributed by atoms with Gasteiger partial charge in [-0.15, -0.1) is 6.58 Å². The zero-order chi connectivity index (χ0) is 34.0. The molecule has 4 aromatic rings. The highest BCUT2D eigenvalue weighted by Gasteiger charge is 2.02. The first-order chi connectivity index (χ1) is 21.5. The summed E-state index contributed by atoms with van der Waals surface area (Å²) in [5.74, 6) is 0.166. The van der Waals surface area contributed by atoms with E-state index >= 15 is 0 Å². The number of aliphatic hydroxyl groups is 2. The molecule has 2 atom stereocenters. The molecule has 45 heavy (non-hydrogen) atoms. The van der Waals surface area contributed by atoms with Gasteiger partial charge in [0.15, 0.2) is 0 Å². The van der Waals surface area contributed by atoms with Crippen molar-refractivity contribution in [2.45, 2.75) is 38.5 Å². The number of carbonyl (C=O) groups is 2. The molecule has 9 heteroatoms. The molecule has 0 aliphatic carbocycles. The molecule has 0 aromatic heterocycles. The molecule has 0 radical (unpaired) electrons. The molecular weight excluding hydrogens is 765 g/mol. The van der Waals surface area contributed by atoms with Crippen molar-refractivity contribution in [2.24, 2.45) is 0 Å². The Morgan fingerprint density at radius 1 is 0.689 bits per heavy atom. The second-order valence-electron chi connectivity index (χ2n) is 9.35. The standard InChI is InChI=1S/C9H11ClO.2C9H9ClO.C6H4ClI.C3H6O/c2*1-7(6-11)8-2-4-9(10)5-3-8;10-9-5-3-8(4-6-9)2-1-7-11;7-5-1-3-6(8)4-2-5;1-2-3-4/h2-5,7,11H,6H2,1H3;2-7H,1H3;3-7H,1-2H2;1-4H;2,4H,1,3H2. The number of rotatable bonds is 8. The van der Waals surface area contributed by atoms with Crippen LogP contribution in [-0.2, 0) is 16.0 Å². The van der Waals surface area contributed by atoms with Crippen LogP contribution >= 0.6 is 69.0 Å². The largest absolute Gasteiger partial charge is 0.396 e. The highest BCUT2D eigenvalue weighted by Crippen LogP contribution is 2.17. The molecule has 2 unspecified atom stereocenters. The van der Waals surface area contributed by atoms with E-state index < -0.39 is 0 Å². The Morgan fingerprint density at radius 3 is 1.40 bits per heavy atom. The number of aryl methyl sites for hydroxylation is 1. The smallest absolute Gasteiger partial charge is 0.127 e. The molecule has 0 spiro atoms. The van der Waals surface area contributed by atoms with Crippen molar-refractivity contribution in [3.63, 3.8) is 0 Å². The number of aldehydes is 2. The number of aliphatic hydroxyl groups excluding tert-OH is 2. The molecule has 0 amide bonds. The molecule has 0 fully saturated rings. The maximum atomic E-state index is 10.4. The Bertz CT molecular complexity index is 1310. The van der Waals surface area contributed by atoms with Crippen molar-refractivity contribution >= 4 is 81.6 Å². The third-order valence-corrected chi connectivity index (χ3v) is 7.44. The van der Waals surface area contributed by atoms with Gasteiger partial charge in [0.05, 0.1) is 6.61 Å². The van der Waals surface area contributed by atoms with Crippen LogP contribution in [0.4, 0.5) is 0 Å². The van der Waals surface area contributed by atoms with Gasteiger partial charge in [-0.3, -0.25) is 0 Å². The maximum absolute atomic E-state index is 10.4. The summed E-state index contributed by atoms with van der Waals surface area (Å²) in [4.78, 5) is 20.4. The lowest BCUT2D eigenvalue weighted by molar-refractivity contribution is -0.109. The van der Waals surface area contributed by atoms with Gasteiger partial charge in [0.25, 0.3) is 0 Å². The van der Waals surface area contributed by atoms with Crippen molar-refractivity contribution in [2.75, 3.05) is 13.2 Å². The molecular formula is C36H39Cl4IO4. The fourth-order valence-electron chi connectivity index (χ4n) is 3.05. The Balaban J connectivity index is 0.000000554. The zero-order valence-corrected chi connectivity index (χ0v) is 30.4. The number of halogens is 5. The van der Waals surface area contributed by atoms with E-state index in [1.54, 1.807) is 12.1 Å². The first kappa shape index (κ1) is 42.8. The normalized spacial score (nSPS) is 10.8. The Morgan fingerprint density at radius 2 is 1.07 bits per heavy atom. The van der Waals surface area contributed by atoms with Gasteiger partial charge in [-0.2, -0.15) is 0 Å². The highest BCUT2D eigenvalue weighted by molar-refractivity contribution is 14.1. The molecule has 4 rings (SSSR count). The third-order valence-electron chi connectivity index (χ3n) is 5.71. The minimum atomic E-state index is -0.0349. The molecule has 0 heterocycles. The molecule has 0 aliphatic rings. The topological polar surface area (TPSA) is 74.6 Å². The van der Waals surface area contributed by atoms with Crippen LogP contribution < -0.4 is 0 Å². The maximum Gasteiger partial charge on any atom is 0.127 e. The van der Waals surface area contributed by atoms with Crippen molar-refractivity contribution in [1.29, 1.82) is 0 Å². The van der Waals surface area contributed by atoms with Crippen LogP contribution in [0.1, 0.15) is 48.8 Å². The predicted molar refractivity (Wildman–Crippen MR) is 200 cm³/mol. The zero-order valence-electron chi connectivity index (χ0n) is 25.3. The first-order valence-corrected chi connectivity index (χ1v) is 16.5. The highest BCUT2D eigenvalue weighted by atomic mass is 127. The summed E-state index contributed by atoms with van der Waals surface area (Å²) >= 11 is 24.9. The second-order valence-corrected chi connectivity index (χ2v) is 12.3. The van der Waals surface area contributed by atoms with E-state index in [-0.39, 0.29) is 25.0 Å². The number of carbonyl (C=O) groups excluding carboxylic acids is 2. The SMILES string of the molecule is C=CCO.CC(C=O)c1ccc(Cl)cc1.CC(CO)c1ccc(Cl)cc1.Clc1ccc(I)cc1.O=CCCc1ccc(Cl)cc1. The van der Waals surface area contributed by atoms with E-state index in [0.717, 1.165) is 50.8 Å². The monoisotopic (exact) mass is 802 g/mol. The van der Waals surface area contributed by atoms with E-state index in [9.17, 15) is 9.59 Å². The minimum absolute atomic E-state index is 0.0349. The molecule has 0 saturated heterocycles. The van der Waals surface area contributed by atoms with Crippen molar-refractivity contribution in [1.82, 2.24) is 0 Å². The van der Waals surface area contributed by atoms with Crippen LogP contribution in [0.15, 0.2) is 110 Å². The lowest BCUT2D eigenvalue weighted by atomic mass is 10.0. The summed E-state index contributed by atoms with van der Waals surface area (Å²) in [6.45, 7) is 7.33. The third kappa shape index (κ3) is 22.0. The summed E-state index contributed by atoms with van der Waals surface area (Å²) < 4.78 is 1.21. The van der Waals surface area contributed by atoms with Gasteiger partial charge in [-0.1, -0.05) is 103 Å². The van der Waals surface area contributed by atoms with Gasteiger partial charge >= 0.3 is 0 Å². The fourth-order valence-corrected chi connectivity index (χ4v) is 3.91. The lowest BCUT2D eigenvalue weighted by Gasteiger charge is -2.06. The minimum Gasteiger partial charge on any atom is -0.396 e. The van der Waals surface area contributed by atoms with E-state index in [2.05, 4.69) is 29.2 Å². The summed E-state index contributed by atoms with van der Waals surface area (Å²) in [6, 6.07) is 30.1. The van der Waals surface area contributed by atoms with Crippen LogP contribution in [-0.4, -0.2) is 36.0 Å². The van der Waals surface area contributed by atoms with Crippen LogP contribution in [0.2, 0.25) is 20.1 Å². The van der Waals surface area contributed by atoms with Crippen LogP contribution in [0.5, 0.6) is 0 Å². The van der Waals surface area contributed by atoms with Crippen molar-refractivity contribution < 1.29 is 19.8 Å². The average Bonchev–Trinajstić information content (AvgIpc) is 3.07. The van der Waals surface area contributed by atoms with E-state index in [1.807, 2.05) is 98.8 Å². The fraction of sp³-hybridized carbons (Fsp3) is 0.222. The van der Waals surface area contributed by atoms with E-state index in [0.29, 0.717) is 11.4 Å². The van der Waals surface area contributed by atoms with Crippen LogP contribution in [0.25, 0.3) is 0 Å². The van der Waals surface area contributed by atoms with Crippen molar-refractivity contribution in [3.05, 3.63) is 150 Å². The number of hydrogen-bond acceptors (Lipinski definition) is 4. The quantitative estimate of drug-likeness (QED) is 0.106. The number of hydrogen-bond donors (Lipinski definition) is 2. The van der Waals surface area contributed by atoms with Gasteiger partial charge in [-0.05, 0) is 106 Å². The molecule has 0 saturated carbocycles. The molecule has 4 aromatic carbocycles. The van der Waals surface area contributed by atoms with Gasteiger partial charge in [0, 0.05) is 48.5 Å². The molecule has 2 N–H and O–H groups in total. The Labute approximate surface area is 301 Å². The van der Waals surface area contributed by atoms with Gasteiger partial charge in [0.2, 0.25) is 0 Å². The number of benzene rings is 4. The van der Waals surface area contributed by atoms with Gasteiger partial charge in [0.1, 0.15) is 12.6 Å². The van der Waals surface area contributed by atoms with Crippen molar-refractivity contribution in [3.8, 4) is 0 Å². The van der Waals surface area contributed by atoms with Gasteiger partial charge < -0.3 is 19.8 Å². The van der Waals surface area contributed by atoms with E-state index in [1.165, 1.54) is 9.65 Å². The average molecular weight is 804 g/mol. The molecule has 0 bridgehead atoms. The predicted octanol–water partition coefficient (Wildman–Crippen LogP) is 10.7. The van der Waals surface area contributed by atoms with Crippen LogP contribution in [0, 0.1) is 3.57 Å².